The van der Waals surface area contributed by atoms with Gasteiger partial charge < -0.3 is 10.6 Å². The number of alkyl halides is 3. The zero-order valence-corrected chi connectivity index (χ0v) is 13.2. The molecule has 1 aliphatic heterocycles. The van der Waals surface area contributed by atoms with E-state index in [1.165, 1.54) is 0 Å². The third-order valence-electron chi connectivity index (χ3n) is 4.05. The smallest absolute Gasteiger partial charge is 0.368 e. The van der Waals surface area contributed by atoms with Crippen molar-refractivity contribution >= 4 is 6.21 Å². The summed E-state index contributed by atoms with van der Waals surface area (Å²) in [6.07, 6.45) is 5.34. The summed E-state index contributed by atoms with van der Waals surface area (Å²) in [4.78, 5) is 6.07. The van der Waals surface area contributed by atoms with Crippen LogP contribution in [-0.4, -0.2) is 36.4 Å². The summed E-state index contributed by atoms with van der Waals surface area (Å²) in [7, 11) is 0. The highest BCUT2D eigenvalue weighted by atomic mass is 19.4. The Labute approximate surface area is 134 Å². The Morgan fingerprint density at radius 3 is 2.78 bits per heavy atom. The molecule has 0 radical (unpaired) electrons. The van der Waals surface area contributed by atoms with E-state index >= 15 is 0 Å². The molecule has 2 N–H and O–H groups in total. The number of nitrogens with two attached hydrogens (primary N) is 1. The minimum absolute atomic E-state index is 0.0307. The Bertz CT molecular complexity index is 570. The van der Waals surface area contributed by atoms with E-state index in [0.29, 0.717) is 17.9 Å². The monoisotopic (exact) mass is 325 g/mol. The van der Waals surface area contributed by atoms with E-state index < -0.39 is 18.1 Å². The lowest BCUT2D eigenvalue weighted by Gasteiger charge is -2.39. The molecule has 126 valence electrons. The van der Waals surface area contributed by atoms with Crippen LogP contribution in [0.5, 0.6) is 0 Å². The fourth-order valence-corrected chi connectivity index (χ4v) is 2.92. The first-order valence-electron chi connectivity index (χ1n) is 7.63. The molecule has 0 aromatic rings. The molecule has 2 unspecified atom stereocenters. The second-order valence-corrected chi connectivity index (χ2v) is 5.91. The first-order chi connectivity index (χ1) is 10.8. The standard InChI is InChI=1S/C17H22F3N3/c1-3-8-22-16-12(2)6-4-5-7-15(16)23-10-13(17(18,19)20)9-14(21)11-23/h3,5-8,13-14H,1,4,9-11,21H2,2H3. The number of likely N-dealkylation sites (tertiary alicyclic amines) is 1. The van der Waals surface area contributed by atoms with Crippen molar-refractivity contribution < 1.29 is 13.2 Å². The summed E-state index contributed by atoms with van der Waals surface area (Å²) in [5.74, 6) is -1.41. The molecule has 23 heavy (non-hydrogen) atoms. The molecule has 1 saturated heterocycles. The highest BCUT2D eigenvalue weighted by molar-refractivity contribution is 5.72. The van der Waals surface area contributed by atoms with Crippen molar-refractivity contribution in [2.24, 2.45) is 16.6 Å². The molecule has 0 saturated carbocycles. The lowest BCUT2D eigenvalue weighted by atomic mass is 9.93. The van der Waals surface area contributed by atoms with Gasteiger partial charge in [0.1, 0.15) is 0 Å². The number of nitrogens with zero attached hydrogens (tertiary/aromatic N) is 2. The van der Waals surface area contributed by atoms with Gasteiger partial charge in [-0.05, 0) is 31.4 Å². The Hall–Kier alpha value is -1.82. The molecule has 2 atom stereocenters. The van der Waals surface area contributed by atoms with Crippen LogP contribution < -0.4 is 5.73 Å². The van der Waals surface area contributed by atoms with Crippen molar-refractivity contribution in [3.8, 4) is 0 Å². The minimum atomic E-state index is -4.24. The van der Waals surface area contributed by atoms with Gasteiger partial charge >= 0.3 is 6.18 Å². The van der Waals surface area contributed by atoms with Crippen LogP contribution in [0.4, 0.5) is 13.2 Å². The molecule has 3 nitrogen and oxygen atoms in total. The molecule has 0 aromatic carbocycles. The van der Waals surface area contributed by atoms with E-state index in [0.717, 1.165) is 12.0 Å². The van der Waals surface area contributed by atoms with Gasteiger partial charge in [0.2, 0.25) is 0 Å². The fourth-order valence-electron chi connectivity index (χ4n) is 2.92. The van der Waals surface area contributed by atoms with Crippen LogP contribution in [0.25, 0.3) is 0 Å². The summed E-state index contributed by atoms with van der Waals surface area (Å²) in [6.45, 7) is 5.82. The Kier molecular flexibility index (Phi) is 5.46. The van der Waals surface area contributed by atoms with Crippen molar-refractivity contribution in [2.45, 2.75) is 32.0 Å². The van der Waals surface area contributed by atoms with Gasteiger partial charge in [-0.15, -0.1) is 0 Å². The fraction of sp³-hybridized carbons (Fsp3) is 0.471. The number of rotatable bonds is 3. The molecule has 1 aliphatic carbocycles. The maximum absolute atomic E-state index is 13.1. The molecule has 1 heterocycles. The van der Waals surface area contributed by atoms with E-state index in [4.69, 9.17) is 5.73 Å². The summed E-state index contributed by atoms with van der Waals surface area (Å²) in [6, 6.07) is -0.506. The number of aliphatic imine (C=N–C) groups is 1. The zero-order valence-electron chi connectivity index (χ0n) is 13.2. The van der Waals surface area contributed by atoms with Gasteiger partial charge in [0.25, 0.3) is 0 Å². The third-order valence-corrected chi connectivity index (χ3v) is 4.05. The minimum Gasteiger partial charge on any atom is -0.368 e. The van der Waals surface area contributed by atoms with Crippen LogP contribution in [0.3, 0.4) is 0 Å². The van der Waals surface area contributed by atoms with Crippen LogP contribution in [0.1, 0.15) is 19.8 Å². The van der Waals surface area contributed by atoms with Gasteiger partial charge in [0.15, 0.2) is 0 Å². The predicted octanol–water partition coefficient (Wildman–Crippen LogP) is 3.57. The van der Waals surface area contributed by atoms with E-state index in [2.05, 4.69) is 11.6 Å². The lowest BCUT2D eigenvalue weighted by molar-refractivity contribution is -0.186. The van der Waals surface area contributed by atoms with Gasteiger partial charge in [0, 0.05) is 25.3 Å². The molecule has 2 rings (SSSR count). The van der Waals surface area contributed by atoms with Crippen LogP contribution in [0, 0.1) is 5.92 Å². The second kappa shape index (κ2) is 7.17. The van der Waals surface area contributed by atoms with Crippen molar-refractivity contribution in [2.75, 3.05) is 13.1 Å². The largest absolute Gasteiger partial charge is 0.393 e. The van der Waals surface area contributed by atoms with E-state index in [1.807, 2.05) is 25.2 Å². The number of halogens is 3. The Balaban J connectivity index is 2.40. The van der Waals surface area contributed by atoms with Crippen LogP contribution in [-0.2, 0) is 0 Å². The molecular weight excluding hydrogens is 303 g/mol. The Morgan fingerprint density at radius 2 is 2.13 bits per heavy atom. The van der Waals surface area contributed by atoms with Crippen molar-refractivity contribution in [1.29, 1.82) is 0 Å². The SMILES string of the molecule is C=CC=NC1=C(N2CC(N)CC(C(F)(F)F)C2)C=CCC=C1C. The van der Waals surface area contributed by atoms with Gasteiger partial charge in [-0.2, -0.15) is 13.2 Å². The summed E-state index contributed by atoms with van der Waals surface area (Å²) < 4.78 is 39.4. The zero-order chi connectivity index (χ0) is 17.0. The number of allylic oxidation sites excluding steroid dienone is 5. The highest BCUT2D eigenvalue weighted by Gasteiger charge is 2.44. The summed E-state index contributed by atoms with van der Waals surface area (Å²) >= 11 is 0. The maximum atomic E-state index is 13.1. The molecule has 6 heteroatoms. The molecule has 2 aliphatic rings. The highest BCUT2D eigenvalue weighted by Crippen LogP contribution is 2.35. The van der Waals surface area contributed by atoms with E-state index in [-0.39, 0.29) is 13.0 Å². The number of piperidine rings is 1. The van der Waals surface area contributed by atoms with Gasteiger partial charge in [-0.25, -0.2) is 0 Å². The summed E-state index contributed by atoms with van der Waals surface area (Å²) in [5.41, 5.74) is 8.18. The second-order valence-electron chi connectivity index (χ2n) is 5.91. The average Bonchev–Trinajstić information content (AvgIpc) is 2.65. The molecule has 0 amide bonds. The quantitative estimate of drug-likeness (QED) is 0.806. The van der Waals surface area contributed by atoms with Gasteiger partial charge in [0.05, 0.1) is 17.3 Å². The van der Waals surface area contributed by atoms with Gasteiger partial charge in [-0.1, -0.05) is 24.8 Å². The third kappa shape index (κ3) is 4.34. The average molecular weight is 325 g/mol. The van der Waals surface area contributed by atoms with Crippen LogP contribution >= 0.6 is 0 Å². The molecule has 0 spiro atoms. The van der Waals surface area contributed by atoms with Crippen molar-refractivity contribution in [3.05, 3.63) is 47.9 Å². The Morgan fingerprint density at radius 1 is 1.39 bits per heavy atom. The van der Waals surface area contributed by atoms with Gasteiger partial charge in [-0.3, -0.25) is 4.99 Å². The lowest BCUT2D eigenvalue weighted by Crippen LogP contribution is -2.50. The normalized spacial score (nSPS) is 26.5. The number of hydrogen-bond donors (Lipinski definition) is 1. The number of hydrogen-bond acceptors (Lipinski definition) is 3. The molecule has 1 fully saturated rings. The molecular formula is C17H22F3N3. The topological polar surface area (TPSA) is 41.6 Å². The summed E-state index contributed by atoms with van der Waals surface area (Å²) in [5, 5.41) is 0. The van der Waals surface area contributed by atoms with Crippen molar-refractivity contribution in [3.63, 3.8) is 0 Å². The maximum Gasteiger partial charge on any atom is 0.393 e. The predicted molar refractivity (Wildman–Crippen MR) is 86.9 cm³/mol. The first-order valence-corrected chi connectivity index (χ1v) is 7.63. The van der Waals surface area contributed by atoms with E-state index in [9.17, 15) is 13.2 Å². The first kappa shape index (κ1) is 17.5. The molecule has 0 bridgehead atoms. The van der Waals surface area contributed by atoms with Crippen molar-refractivity contribution in [1.82, 2.24) is 4.90 Å². The van der Waals surface area contributed by atoms with E-state index in [1.54, 1.807) is 17.2 Å². The van der Waals surface area contributed by atoms with Crippen LogP contribution in [0.2, 0.25) is 0 Å². The van der Waals surface area contributed by atoms with Crippen LogP contribution in [0.15, 0.2) is 52.8 Å². The molecule has 0 aromatic heterocycles.